The van der Waals surface area contributed by atoms with E-state index in [1.54, 1.807) is 0 Å². The summed E-state index contributed by atoms with van der Waals surface area (Å²) in [7, 11) is 0. The molecule has 3 rings (SSSR count). The van der Waals surface area contributed by atoms with E-state index >= 15 is 0 Å². The number of nitrogens with zero attached hydrogens (tertiary/aromatic N) is 2. The number of hydrogen-bond acceptors (Lipinski definition) is 5. The molecule has 116 valence electrons. The molecule has 2 aliphatic rings. The number of hydrogen-bond donors (Lipinski definition) is 2. The third-order valence-electron chi connectivity index (χ3n) is 5.49. The van der Waals surface area contributed by atoms with Gasteiger partial charge < -0.3 is 10.6 Å². The molecule has 0 spiro atoms. The third kappa shape index (κ3) is 2.33. The van der Waals surface area contributed by atoms with Gasteiger partial charge in [-0.15, -0.1) is 10.2 Å². The quantitative estimate of drug-likeness (QED) is 0.897. The molecule has 5 nitrogen and oxygen atoms in total. The first kappa shape index (κ1) is 14.8. The molecule has 6 heteroatoms. The summed E-state index contributed by atoms with van der Waals surface area (Å²) in [5.74, 6) is 0.642. The van der Waals surface area contributed by atoms with E-state index in [0.717, 1.165) is 12.5 Å². The van der Waals surface area contributed by atoms with Crippen molar-refractivity contribution in [3.05, 3.63) is 5.01 Å². The second kappa shape index (κ2) is 4.93. The number of anilines is 1. The van der Waals surface area contributed by atoms with Crippen molar-refractivity contribution in [1.82, 2.24) is 15.5 Å². The molecule has 2 bridgehead atoms. The highest BCUT2D eigenvalue weighted by Crippen LogP contribution is 2.62. The van der Waals surface area contributed by atoms with E-state index < -0.39 is 0 Å². The summed E-state index contributed by atoms with van der Waals surface area (Å²) in [5, 5.41) is 15.5. The van der Waals surface area contributed by atoms with E-state index in [1.165, 1.54) is 30.6 Å². The van der Waals surface area contributed by atoms with Crippen molar-refractivity contribution in [1.29, 1.82) is 0 Å². The van der Waals surface area contributed by atoms with Crippen LogP contribution in [0.4, 0.5) is 5.13 Å². The van der Waals surface area contributed by atoms with Gasteiger partial charge >= 0.3 is 0 Å². The molecule has 0 saturated heterocycles. The van der Waals surface area contributed by atoms with Crippen LogP contribution < -0.4 is 10.6 Å². The molecule has 0 radical (unpaired) electrons. The van der Waals surface area contributed by atoms with Gasteiger partial charge in [-0.3, -0.25) is 4.79 Å². The Kier molecular flexibility index (Phi) is 3.47. The Morgan fingerprint density at radius 3 is 2.76 bits per heavy atom. The van der Waals surface area contributed by atoms with Gasteiger partial charge in [0.1, 0.15) is 0 Å². The van der Waals surface area contributed by atoms with Gasteiger partial charge in [-0.25, -0.2) is 0 Å². The maximum atomic E-state index is 12.5. The van der Waals surface area contributed by atoms with Gasteiger partial charge in [0.05, 0.1) is 0 Å². The van der Waals surface area contributed by atoms with Gasteiger partial charge in [-0.2, -0.15) is 0 Å². The Morgan fingerprint density at radius 2 is 2.14 bits per heavy atom. The molecule has 0 aliphatic heterocycles. The van der Waals surface area contributed by atoms with E-state index in [-0.39, 0.29) is 22.8 Å². The largest absolute Gasteiger partial charge is 0.360 e. The van der Waals surface area contributed by atoms with Gasteiger partial charge in [-0.1, -0.05) is 32.1 Å². The van der Waals surface area contributed by atoms with Crippen LogP contribution in [0.5, 0.6) is 0 Å². The van der Waals surface area contributed by atoms with Crippen molar-refractivity contribution in [2.45, 2.75) is 53.0 Å². The van der Waals surface area contributed by atoms with Crippen molar-refractivity contribution < 1.29 is 4.79 Å². The fourth-order valence-corrected chi connectivity index (χ4v) is 5.11. The van der Waals surface area contributed by atoms with Gasteiger partial charge in [0.25, 0.3) is 5.91 Å². The van der Waals surface area contributed by atoms with Crippen LogP contribution in [-0.2, 0) is 0 Å². The zero-order valence-electron chi connectivity index (χ0n) is 13.2. The van der Waals surface area contributed by atoms with Crippen LogP contribution in [0, 0.1) is 16.7 Å². The van der Waals surface area contributed by atoms with Crippen LogP contribution in [0.15, 0.2) is 0 Å². The van der Waals surface area contributed by atoms with Crippen molar-refractivity contribution in [3.8, 4) is 0 Å². The molecular weight excluding hydrogens is 284 g/mol. The van der Waals surface area contributed by atoms with Crippen LogP contribution >= 0.6 is 11.3 Å². The van der Waals surface area contributed by atoms with E-state index in [4.69, 9.17) is 0 Å². The minimum atomic E-state index is -0.0801. The summed E-state index contributed by atoms with van der Waals surface area (Å²) in [6.45, 7) is 9.68. The van der Waals surface area contributed by atoms with Gasteiger partial charge in [0, 0.05) is 12.6 Å². The molecule has 0 aromatic carbocycles. The molecule has 3 atom stereocenters. The summed E-state index contributed by atoms with van der Waals surface area (Å²) in [6.07, 6.45) is 3.73. The second-order valence-corrected chi connectivity index (χ2v) is 8.24. The van der Waals surface area contributed by atoms with E-state index in [1.807, 2.05) is 6.92 Å². The zero-order valence-corrected chi connectivity index (χ0v) is 14.0. The summed E-state index contributed by atoms with van der Waals surface area (Å²) in [5.41, 5.74) is 0.400. The molecule has 1 aromatic rings. The van der Waals surface area contributed by atoms with Crippen molar-refractivity contribution in [2.24, 2.45) is 16.7 Å². The number of rotatable bonds is 4. The molecule has 2 N–H and O–H groups in total. The average molecular weight is 308 g/mol. The van der Waals surface area contributed by atoms with Gasteiger partial charge in [0.2, 0.25) is 10.1 Å². The molecule has 2 fully saturated rings. The first-order valence-electron chi connectivity index (χ1n) is 7.75. The number of amides is 1. The smallest absolute Gasteiger partial charge is 0.282 e. The standard InChI is InChI=1S/C15H24N4OS/c1-5-16-13-19-18-11(21-13)10(20)17-12-14(2,3)9-6-7-15(12,4)8-9/h9,12H,5-8H2,1-4H3,(H,16,19)(H,17,20). The lowest BCUT2D eigenvalue weighted by atomic mass is 9.68. The minimum absolute atomic E-state index is 0.0801. The fraction of sp³-hybridized carbons (Fsp3) is 0.800. The number of carbonyl (C=O) groups excluding carboxylic acids is 1. The first-order chi connectivity index (χ1) is 9.87. The van der Waals surface area contributed by atoms with Crippen LogP contribution in [0.25, 0.3) is 0 Å². The van der Waals surface area contributed by atoms with E-state index in [0.29, 0.717) is 10.1 Å². The number of fused-ring (bicyclic) bond motifs is 2. The predicted molar refractivity (Wildman–Crippen MR) is 84.6 cm³/mol. The van der Waals surface area contributed by atoms with Gasteiger partial charge in [-0.05, 0) is 42.9 Å². The lowest BCUT2D eigenvalue weighted by Crippen LogP contribution is -2.52. The predicted octanol–water partition coefficient (Wildman–Crippen LogP) is 2.91. The average Bonchev–Trinajstić information content (AvgIpc) is 3.06. The Morgan fingerprint density at radius 1 is 1.38 bits per heavy atom. The van der Waals surface area contributed by atoms with E-state index in [9.17, 15) is 4.79 Å². The van der Waals surface area contributed by atoms with Crippen LogP contribution in [-0.4, -0.2) is 28.7 Å². The first-order valence-corrected chi connectivity index (χ1v) is 8.57. The summed E-state index contributed by atoms with van der Waals surface area (Å²) >= 11 is 1.32. The summed E-state index contributed by atoms with van der Waals surface area (Å²) in [4.78, 5) is 12.5. The Bertz CT molecular complexity index is 551. The molecule has 3 unspecified atom stereocenters. The van der Waals surface area contributed by atoms with Crippen molar-refractivity contribution in [3.63, 3.8) is 0 Å². The van der Waals surface area contributed by atoms with Crippen LogP contribution in [0.2, 0.25) is 0 Å². The third-order valence-corrected chi connectivity index (χ3v) is 6.37. The van der Waals surface area contributed by atoms with Crippen LogP contribution in [0.3, 0.4) is 0 Å². The SMILES string of the molecule is CCNc1nnc(C(=O)NC2C3(C)CCC(C3)C2(C)C)s1. The van der Waals surface area contributed by atoms with Gasteiger partial charge in [0.15, 0.2) is 0 Å². The normalized spacial score (nSPS) is 33.1. The molecule has 1 amide bonds. The second-order valence-electron chi connectivity index (χ2n) is 7.26. The van der Waals surface area contributed by atoms with Crippen molar-refractivity contribution in [2.75, 3.05) is 11.9 Å². The number of aromatic nitrogens is 2. The number of carbonyl (C=O) groups is 1. The molecular formula is C15H24N4OS. The van der Waals surface area contributed by atoms with E-state index in [2.05, 4.69) is 41.6 Å². The lowest BCUT2D eigenvalue weighted by molar-refractivity contribution is 0.0736. The molecule has 2 saturated carbocycles. The number of nitrogens with one attached hydrogen (secondary N) is 2. The monoisotopic (exact) mass is 308 g/mol. The molecule has 2 aliphatic carbocycles. The lowest BCUT2D eigenvalue weighted by Gasteiger charge is -2.42. The maximum absolute atomic E-state index is 12.5. The fourth-order valence-electron chi connectivity index (χ4n) is 4.39. The molecule has 1 heterocycles. The van der Waals surface area contributed by atoms with Crippen LogP contribution in [0.1, 0.15) is 56.8 Å². The highest BCUT2D eigenvalue weighted by molar-refractivity contribution is 7.17. The maximum Gasteiger partial charge on any atom is 0.282 e. The Balaban J connectivity index is 1.75. The summed E-state index contributed by atoms with van der Waals surface area (Å²) < 4.78 is 0. The van der Waals surface area contributed by atoms with Crippen molar-refractivity contribution >= 4 is 22.4 Å². The minimum Gasteiger partial charge on any atom is -0.360 e. The highest BCUT2D eigenvalue weighted by atomic mass is 32.1. The Hall–Kier alpha value is -1.17. The zero-order chi connectivity index (χ0) is 15.3. The Labute approximate surface area is 129 Å². The highest BCUT2D eigenvalue weighted by Gasteiger charge is 2.59. The molecule has 21 heavy (non-hydrogen) atoms. The summed E-state index contributed by atoms with van der Waals surface area (Å²) in [6, 6.07) is 0.225. The molecule has 1 aromatic heterocycles. The topological polar surface area (TPSA) is 66.9 Å².